The lowest BCUT2D eigenvalue weighted by atomic mass is 9.68. The summed E-state index contributed by atoms with van der Waals surface area (Å²) in [6, 6.07) is -1.51. The lowest BCUT2D eigenvalue weighted by molar-refractivity contribution is -0.366. The lowest BCUT2D eigenvalue weighted by Crippen LogP contribution is -2.65. The van der Waals surface area contributed by atoms with Gasteiger partial charge in [-0.3, -0.25) is 4.79 Å². The number of hydrogen-bond donors (Lipinski definition) is 3. The molecule has 0 spiro atoms. The molecule has 5 fully saturated rings. The maximum atomic E-state index is 12.7. The van der Waals surface area contributed by atoms with Crippen LogP contribution >= 0.6 is 0 Å². The Hall–Kier alpha value is -0.780. The van der Waals surface area contributed by atoms with Gasteiger partial charge in [0.1, 0.15) is 12.1 Å². The van der Waals surface area contributed by atoms with Gasteiger partial charge in [-0.1, -0.05) is 26.7 Å². The van der Waals surface area contributed by atoms with Crippen LogP contribution < -0.4 is 5.73 Å². The molecule has 0 aromatic rings. The highest BCUT2D eigenvalue weighted by Gasteiger charge is 2.56. The number of carboxylic acids is 1. The van der Waals surface area contributed by atoms with Crippen LogP contribution in [0.3, 0.4) is 0 Å². The zero-order valence-electron chi connectivity index (χ0n) is 17.2. The minimum absolute atomic E-state index is 0.345. The molecule has 0 saturated carbocycles. The Kier molecular flexibility index (Phi) is 6.35. The number of rotatable bonds is 5. The molecule has 10 heteroatoms. The highest BCUT2D eigenvalue weighted by molar-refractivity contribution is 7.91. The molecule has 168 valence electrons. The molecular formula is C19H33NO8S. The Labute approximate surface area is 171 Å². The largest absolute Gasteiger partial charge is 0.480 e. The molecule has 4 bridgehead atoms. The zero-order valence-corrected chi connectivity index (χ0v) is 18.1. The van der Waals surface area contributed by atoms with E-state index in [1.807, 2.05) is 20.8 Å². The summed E-state index contributed by atoms with van der Waals surface area (Å²) in [5, 5.41) is 20.1. The first-order valence-electron chi connectivity index (χ1n) is 10.2. The molecule has 0 aliphatic carbocycles. The molecule has 0 amide bonds. The second kappa shape index (κ2) is 8.05. The van der Waals surface area contributed by atoms with Crippen LogP contribution in [-0.4, -0.2) is 79.0 Å². The molecule has 9 nitrogen and oxygen atoms in total. The summed E-state index contributed by atoms with van der Waals surface area (Å²) in [4.78, 5) is 11.0. The number of aliphatic carboxylic acids is 1. The van der Waals surface area contributed by atoms with Gasteiger partial charge in [0, 0.05) is 5.92 Å². The van der Waals surface area contributed by atoms with Crippen LogP contribution in [0.1, 0.15) is 46.5 Å². The molecule has 5 rings (SSSR count). The number of ether oxygens (including phenoxy) is 3. The van der Waals surface area contributed by atoms with E-state index in [1.54, 1.807) is 0 Å². The van der Waals surface area contributed by atoms with Crippen molar-refractivity contribution < 1.29 is 37.6 Å². The molecule has 7 unspecified atom stereocenters. The van der Waals surface area contributed by atoms with Crippen LogP contribution in [0.25, 0.3) is 0 Å². The SMILES string of the molecule is CC12CCCCC(C)(C)C3C(CS(=O)(=O)CC(N)C(=O)O)OC(O1)C(OC2)C3O. The Morgan fingerprint density at radius 3 is 2.55 bits per heavy atom. The first kappa shape index (κ1) is 22.9. The van der Waals surface area contributed by atoms with Crippen LogP contribution in [0.4, 0.5) is 0 Å². The maximum Gasteiger partial charge on any atom is 0.321 e. The van der Waals surface area contributed by atoms with E-state index < -0.39 is 74.9 Å². The summed E-state index contributed by atoms with van der Waals surface area (Å²) < 4.78 is 43.5. The van der Waals surface area contributed by atoms with E-state index in [0.29, 0.717) is 6.61 Å². The summed E-state index contributed by atoms with van der Waals surface area (Å²) in [5.41, 5.74) is 4.47. The van der Waals surface area contributed by atoms with Crippen molar-refractivity contribution in [2.45, 2.75) is 82.7 Å². The fraction of sp³-hybridized carbons (Fsp3) is 0.947. The molecule has 0 aromatic heterocycles. The number of aliphatic hydroxyl groups excluding tert-OH is 1. The van der Waals surface area contributed by atoms with Crippen molar-refractivity contribution in [3.8, 4) is 0 Å². The monoisotopic (exact) mass is 435 g/mol. The minimum atomic E-state index is -3.85. The van der Waals surface area contributed by atoms with Gasteiger partial charge in [-0.25, -0.2) is 8.42 Å². The van der Waals surface area contributed by atoms with Gasteiger partial charge in [0.2, 0.25) is 0 Å². The van der Waals surface area contributed by atoms with Gasteiger partial charge in [0.15, 0.2) is 16.1 Å². The van der Waals surface area contributed by atoms with E-state index >= 15 is 0 Å². The highest BCUT2D eigenvalue weighted by atomic mass is 32.2. The topological polar surface area (TPSA) is 145 Å². The maximum absolute atomic E-state index is 12.7. The molecule has 0 aromatic carbocycles. The van der Waals surface area contributed by atoms with Crippen LogP contribution in [0, 0.1) is 11.3 Å². The van der Waals surface area contributed by atoms with Gasteiger partial charge < -0.3 is 30.2 Å². The summed E-state index contributed by atoms with van der Waals surface area (Å²) in [5.74, 6) is -3.00. The molecule has 5 aliphatic rings. The van der Waals surface area contributed by atoms with Crippen molar-refractivity contribution in [3.63, 3.8) is 0 Å². The standard InChI is InChI=1S/C19H33NO8S/c1-18(2)6-4-5-7-19(3)10-26-15-14(21)13(18)12(27-17(15)28-19)9-29(24,25)8-11(20)16(22)23/h11-15,17,21H,4-10,20H2,1-3H3,(H,22,23). The van der Waals surface area contributed by atoms with Gasteiger partial charge in [-0.15, -0.1) is 0 Å². The number of aliphatic hydroxyl groups is 1. The molecule has 29 heavy (non-hydrogen) atoms. The average Bonchev–Trinajstić information content (AvgIpc) is 2.59. The Balaban J connectivity index is 1.91. The van der Waals surface area contributed by atoms with Crippen LogP contribution in [0.5, 0.6) is 0 Å². The molecular weight excluding hydrogens is 402 g/mol. The van der Waals surface area contributed by atoms with Crippen molar-refractivity contribution in [1.82, 2.24) is 0 Å². The van der Waals surface area contributed by atoms with Crippen molar-refractivity contribution in [1.29, 1.82) is 0 Å². The number of sulfone groups is 1. The normalized spacial score (nSPS) is 40.9. The fourth-order valence-electron chi connectivity index (χ4n) is 4.93. The molecule has 4 N–H and O–H groups in total. The third-order valence-corrected chi connectivity index (χ3v) is 8.22. The molecule has 5 saturated heterocycles. The average molecular weight is 436 g/mol. The van der Waals surface area contributed by atoms with E-state index in [0.717, 1.165) is 25.7 Å². The molecule has 0 radical (unpaired) electrons. The van der Waals surface area contributed by atoms with Gasteiger partial charge in [0.05, 0.1) is 35.9 Å². The molecule has 7 atom stereocenters. The number of nitrogens with two attached hydrogens (primary N) is 1. The zero-order chi connectivity index (χ0) is 21.6. The second-order valence-electron chi connectivity index (χ2n) is 9.62. The first-order chi connectivity index (χ1) is 13.3. The minimum Gasteiger partial charge on any atom is -0.480 e. The van der Waals surface area contributed by atoms with Crippen molar-refractivity contribution in [3.05, 3.63) is 0 Å². The van der Waals surface area contributed by atoms with E-state index in [1.165, 1.54) is 0 Å². The fourth-order valence-corrected chi connectivity index (χ4v) is 6.54. The third kappa shape index (κ3) is 4.94. The van der Waals surface area contributed by atoms with Crippen molar-refractivity contribution in [2.75, 3.05) is 18.1 Å². The Morgan fingerprint density at radius 2 is 1.90 bits per heavy atom. The van der Waals surface area contributed by atoms with Gasteiger partial charge in [-0.2, -0.15) is 0 Å². The predicted octanol–water partition coefficient (Wildman–Crippen LogP) is 0.289. The van der Waals surface area contributed by atoms with Crippen LogP contribution in [0.15, 0.2) is 0 Å². The molecule has 5 aliphatic heterocycles. The smallest absolute Gasteiger partial charge is 0.321 e. The molecule has 5 heterocycles. The van der Waals surface area contributed by atoms with E-state index in [2.05, 4.69) is 0 Å². The van der Waals surface area contributed by atoms with E-state index in [9.17, 15) is 18.3 Å². The van der Waals surface area contributed by atoms with Crippen LogP contribution in [0.2, 0.25) is 0 Å². The van der Waals surface area contributed by atoms with E-state index in [4.69, 9.17) is 25.1 Å². The lowest BCUT2D eigenvalue weighted by Gasteiger charge is -2.53. The number of fused-ring (bicyclic) bond motifs is 2. The van der Waals surface area contributed by atoms with Gasteiger partial charge >= 0.3 is 5.97 Å². The first-order valence-corrected chi connectivity index (χ1v) is 12.0. The van der Waals surface area contributed by atoms with Gasteiger partial charge in [-0.05, 0) is 25.2 Å². The number of carboxylic acid groups (broad SMARTS) is 1. The Morgan fingerprint density at radius 1 is 1.24 bits per heavy atom. The van der Waals surface area contributed by atoms with Crippen molar-refractivity contribution >= 4 is 15.8 Å². The van der Waals surface area contributed by atoms with Crippen LogP contribution in [-0.2, 0) is 28.8 Å². The second-order valence-corrected chi connectivity index (χ2v) is 11.8. The van der Waals surface area contributed by atoms with Gasteiger partial charge in [0.25, 0.3) is 0 Å². The number of carbonyl (C=O) groups is 1. The highest BCUT2D eigenvalue weighted by Crippen LogP contribution is 2.47. The summed E-state index contributed by atoms with van der Waals surface area (Å²) in [6.07, 6.45) is 0.0427. The third-order valence-electron chi connectivity index (χ3n) is 6.51. The van der Waals surface area contributed by atoms with E-state index in [-0.39, 0.29) is 0 Å². The summed E-state index contributed by atoms with van der Waals surface area (Å²) in [7, 11) is -3.85. The predicted molar refractivity (Wildman–Crippen MR) is 104 cm³/mol. The Bertz CT molecular complexity index is 726. The quantitative estimate of drug-likeness (QED) is 0.554. The summed E-state index contributed by atoms with van der Waals surface area (Å²) >= 11 is 0. The van der Waals surface area contributed by atoms with Crippen molar-refractivity contribution in [2.24, 2.45) is 17.1 Å². The number of hydrogen-bond acceptors (Lipinski definition) is 8. The summed E-state index contributed by atoms with van der Waals surface area (Å²) in [6.45, 7) is 6.28.